The zero-order valence-electron chi connectivity index (χ0n) is 21.7. The van der Waals surface area contributed by atoms with Gasteiger partial charge in [-0.1, -0.05) is 28.3 Å². The first-order valence-electron chi connectivity index (χ1n) is 12.4. The van der Waals surface area contributed by atoms with Crippen molar-refractivity contribution in [1.82, 2.24) is 9.55 Å². The molecule has 5 rings (SSSR count). The van der Waals surface area contributed by atoms with Crippen LogP contribution < -0.4 is 20.3 Å². The quantitative estimate of drug-likeness (QED) is 0.205. The second-order valence-corrected chi connectivity index (χ2v) is 10.4. The third-order valence-electron chi connectivity index (χ3n) is 7.30. The fourth-order valence-electron chi connectivity index (χ4n) is 5.16. The van der Waals surface area contributed by atoms with Crippen molar-refractivity contribution in [3.63, 3.8) is 0 Å². The van der Waals surface area contributed by atoms with E-state index in [4.69, 9.17) is 47.7 Å². The van der Waals surface area contributed by atoms with Gasteiger partial charge in [-0.05, 0) is 30.9 Å². The van der Waals surface area contributed by atoms with Crippen LogP contribution >= 0.6 is 23.2 Å². The summed E-state index contributed by atoms with van der Waals surface area (Å²) in [6, 6.07) is 4.61. The van der Waals surface area contributed by atoms with Gasteiger partial charge in [0.1, 0.15) is 17.3 Å². The summed E-state index contributed by atoms with van der Waals surface area (Å²) in [5.74, 6) is 1.20. The lowest BCUT2D eigenvalue weighted by Crippen LogP contribution is -2.41. The Morgan fingerprint density at radius 1 is 1.21 bits per heavy atom. The maximum Gasteiger partial charge on any atom is 0.259 e. The SMILES string of the molecule is COCC1(n2c(=O)c(-c3c(Cl)c(OC)cc(OC)c3Cl)cc3cnc(N[C@@H]4COCC[C@@H]4N=[N+]=[N-])cc32)CC1. The van der Waals surface area contributed by atoms with E-state index in [1.54, 1.807) is 30.0 Å². The molecule has 3 heterocycles. The summed E-state index contributed by atoms with van der Waals surface area (Å²) in [7, 11) is 4.58. The van der Waals surface area contributed by atoms with Crippen LogP contribution in [0.1, 0.15) is 19.3 Å². The van der Waals surface area contributed by atoms with Crippen LogP contribution in [-0.2, 0) is 15.0 Å². The molecule has 0 unspecified atom stereocenters. The highest BCUT2D eigenvalue weighted by molar-refractivity contribution is 6.41. The van der Waals surface area contributed by atoms with E-state index in [9.17, 15) is 4.79 Å². The third-order valence-corrected chi connectivity index (χ3v) is 8.05. The summed E-state index contributed by atoms with van der Waals surface area (Å²) in [6.45, 7) is 1.25. The Morgan fingerprint density at radius 3 is 2.54 bits per heavy atom. The molecule has 2 aliphatic rings. The van der Waals surface area contributed by atoms with Crippen molar-refractivity contribution < 1.29 is 18.9 Å². The topological polar surface area (TPSA) is 133 Å². The highest BCUT2D eigenvalue weighted by atomic mass is 35.5. The van der Waals surface area contributed by atoms with Gasteiger partial charge in [0.25, 0.3) is 5.56 Å². The highest BCUT2D eigenvalue weighted by Crippen LogP contribution is 2.48. The Morgan fingerprint density at radius 2 is 1.92 bits per heavy atom. The summed E-state index contributed by atoms with van der Waals surface area (Å²) in [5.41, 5.74) is 9.46. The zero-order valence-corrected chi connectivity index (χ0v) is 23.3. The van der Waals surface area contributed by atoms with Gasteiger partial charge >= 0.3 is 0 Å². The van der Waals surface area contributed by atoms with Gasteiger partial charge in [-0.3, -0.25) is 9.36 Å². The lowest BCUT2D eigenvalue weighted by Gasteiger charge is -2.29. The van der Waals surface area contributed by atoms with Crippen LogP contribution in [-0.4, -0.2) is 62.8 Å². The minimum Gasteiger partial charge on any atom is -0.495 e. The van der Waals surface area contributed by atoms with E-state index < -0.39 is 5.54 Å². The summed E-state index contributed by atoms with van der Waals surface area (Å²) < 4.78 is 23.8. The van der Waals surface area contributed by atoms with Crippen LogP contribution in [0, 0.1) is 0 Å². The van der Waals surface area contributed by atoms with Gasteiger partial charge in [-0.25, -0.2) is 4.98 Å². The fourth-order valence-corrected chi connectivity index (χ4v) is 5.87. The summed E-state index contributed by atoms with van der Waals surface area (Å²) >= 11 is 13.4. The number of azide groups is 1. The molecule has 1 aliphatic heterocycles. The molecule has 39 heavy (non-hydrogen) atoms. The normalized spacial score (nSPS) is 19.8. The molecule has 206 valence electrons. The molecule has 13 heteroatoms. The molecule has 1 N–H and O–H groups in total. The molecular weight excluding hydrogens is 547 g/mol. The van der Waals surface area contributed by atoms with Gasteiger partial charge in [0.05, 0.1) is 66.2 Å². The molecule has 2 aromatic heterocycles. The van der Waals surface area contributed by atoms with Crippen molar-refractivity contribution in [2.45, 2.75) is 36.9 Å². The molecule has 2 fully saturated rings. The second kappa shape index (κ2) is 11.1. The van der Waals surface area contributed by atoms with Crippen LogP contribution in [0.15, 0.2) is 34.3 Å². The van der Waals surface area contributed by atoms with Gasteiger partial charge in [0.15, 0.2) is 0 Å². The third kappa shape index (κ3) is 4.97. The van der Waals surface area contributed by atoms with Crippen molar-refractivity contribution in [1.29, 1.82) is 0 Å². The van der Waals surface area contributed by atoms with Crippen LogP contribution in [0.4, 0.5) is 5.82 Å². The number of benzene rings is 1. The summed E-state index contributed by atoms with van der Waals surface area (Å²) in [6.07, 6.45) is 3.82. The van der Waals surface area contributed by atoms with Crippen LogP contribution in [0.2, 0.25) is 10.0 Å². The highest BCUT2D eigenvalue weighted by Gasteiger charge is 2.47. The summed E-state index contributed by atoms with van der Waals surface area (Å²) in [5, 5.41) is 8.36. The molecule has 0 spiro atoms. The first kappa shape index (κ1) is 27.4. The first-order chi connectivity index (χ1) is 18.9. The van der Waals surface area contributed by atoms with Crippen molar-refractivity contribution in [3.8, 4) is 22.6 Å². The van der Waals surface area contributed by atoms with Crippen LogP contribution in [0.5, 0.6) is 11.5 Å². The van der Waals surface area contributed by atoms with Gasteiger partial charge in [0.2, 0.25) is 0 Å². The Balaban J connectivity index is 1.71. The molecule has 1 aliphatic carbocycles. The lowest BCUT2D eigenvalue weighted by atomic mass is 10.0. The molecule has 0 radical (unpaired) electrons. The van der Waals surface area contributed by atoms with E-state index in [-0.39, 0.29) is 27.7 Å². The number of anilines is 1. The van der Waals surface area contributed by atoms with Crippen molar-refractivity contribution >= 4 is 39.9 Å². The molecule has 1 aromatic carbocycles. The number of aromatic nitrogens is 2. The van der Waals surface area contributed by atoms with Crippen molar-refractivity contribution in [2.75, 3.05) is 46.5 Å². The summed E-state index contributed by atoms with van der Waals surface area (Å²) in [4.78, 5) is 21.9. The first-order valence-corrected chi connectivity index (χ1v) is 13.2. The number of nitrogens with zero attached hydrogens (tertiary/aromatic N) is 5. The van der Waals surface area contributed by atoms with Gasteiger partial charge in [-0.15, -0.1) is 0 Å². The minimum absolute atomic E-state index is 0.204. The number of hydrogen-bond acceptors (Lipinski definition) is 8. The number of methoxy groups -OCH3 is 3. The Hall–Kier alpha value is -3.21. The smallest absolute Gasteiger partial charge is 0.259 e. The maximum atomic E-state index is 14.3. The van der Waals surface area contributed by atoms with E-state index in [1.807, 2.05) is 6.07 Å². The van der Waals surface area contributed by atoms with E-state index >= 15 is 0 Å². The van der Waals surface area contributed by atoms with Crippen molar-refractivity contribution in [2.24, 2.45) is 5.11 Å². The number of fused-ring (bicyclic) bond motifs is 1. The predicted octanol–water partition coefficient (Wildman–Crippen LogP) is 5.40. The minimum atomic E-state index is -0.526. The Bertz CT molecular complexity index is 1490. The van der Waals surface area contributed by atoms with E-state index in [1.165, 1.54) is 14.2 Å². The van der Waals surface area contributed by atoms with Gasteiger partial charge in [0, 0.05) is 47.9 Å². The maximum absolute atomic E-state index is 14.3. The lowest BCUT2D eigenvalue weighted by molar-refractivity contribution is 0.0768. The number of pyridine rings is 2. The van der Waals surface area contributed by atoms with Gasteiger partial charge in [-0.2, -0.15) is 0 Å². The largest absolute Gasteiger partial charge is 0.495 e. The molecule has 3 aromatic rings. The fraction of sp³-hybridized carbons (Fsp3) is 0.462. The molecule has 11 nitrogen and oxygen atoms in total. The Labute approximate surface area is 234 Å². The number of halogens is 2. The van der Waals surface area contributed by atoms with E-state index in [2.05, 4.69) is 20.3 Å². The standard InChI is InChI=1S/C26H28Cl2N6O5/c1-36-13-26(5-6-26)34-18-9-21(31-17-12-39-7-4-16(17)32-33-29)30-11-14(18)8-15(25(34)35)22-23(27)19(37-2)10-20(38-3)24(22)28/h8-11,16-17H,4-7,12-13H2,1-3H3,(H,30,31)/t16-,17+/m0/s1. The van der Waals surface area contributed by atoms with Crippen molar-refractivity contribution in [3.05, 3.63) is 55.2 Å². The molecular formula is C26H28Cl2N6O5. The average molecular weight is 575 g/mol. The predicted molar refractivity (Wildman–Crippen MR) is 149 cm³/mol. The molecule has 0 bridgehead atoms. The van der Waals surface area contributed by atoms with Gasteiger partial charge < -0.3 is 24.3 Å². The monoisotopic (exact) mass is 574 g/mol. The number of rotatable bonds is 9. The zero-order chi connectivity index (χ0) is 27.7. The second-order valence-electron chi connectivity index (χ2n) is 9.66. The van der Waals surface area contributed by atoms with Crippen LogP contribution in [0.3, 0.4) is 0 Å². The molecule has 1 saturated carbocycles. The molecule has 1 saturated heterocycles. The molecule has 0 amide bonds. The van der Waals surface area contributed by atoms with E-state index in [0.717, 1.165) is 12.8 Å². The number of hydrogen-bond donors (Lipinski definition) is 1. The molecule has 2 atom stereocenters. The van der Waals surface area contributed by atoms with E-state index in [0.29, 0.717) is 65.6 Å². The number of ether oxygens (including phenoxy) is 4. The van der Waals surface area contributed by atoms with Crippen LogP contribution in [0.25, 0.3) is 32.5 Å². The average Bonchev–Trinajstić information content (AvgIpc) is 3.70. The number of nitrogens with one attached hydrogen (secondary N) is 1. The Kier molecular flexibility index (Phi) is 7.80.